The lowest BCUT2D eigenvalue weighted by Crippen LogP contribution is -2.27. The fourth-order valence-electron chi connectivity index (χ4n) is 2.76. The molecule has 0 saturated heterocycles. The van der Waals surface area contributed by atoms with Crippen molar-refractivity contribution < 1.29 is 18.7 Å². The van der Waals surface area contributed by atoms with Gasteiger partial charge in [0.1, 0.15) is 17.3 Å². The van der Waals surface area contributed by atoms with E-state index >= 15 is 0 Å². The minimum Gasteiger partial charge on any atom is -0.496 e. The first-order valence-electron chi connectivity index (χ1n) is 9.00. The molecule has 1 heterocycles. The SMILES string of the molecule is COc1ccccc1CCNC(=O)c1cc(C(=O)Nc2ccccc2F)ccn1. The number of amides is 2. The molecule has 0 spiro atoms. The number of hydrogen-bond donors (Lipinski definition) is 2. The van der Waals surface area contributed by atoms with Crippen LogP contribution in [-0.2, 0) is 6.42 Å². The maximum atomic E-state index is 13.7. The van der Waals surface area contributed by atoms with E-state index < -0.39 is 17.6 Å². The number of anilines is 1. The lowest BCUT2D eigenvalue weighted by atomic mass is 10.1. The largest absolute Gasteiger partial charge is 0.496 e. The van der Waals surface area contributed by atoms with Crippen molar-refractivity contribution in [3.8, 4) is 5.75 Å². The quantitative estimate of drug-likeness (QED) is 0.644. The van der Waals surface area contributed by atoms with E-state index in [1.165, 1.54) is 36.5 Å². The number of hydrogen-bond acceptors (Lipinski definition) is 4. The highest BCUT2D eigenvalue weighted by atomic mass is 19.1. The van der Waals surface area contributed by atoms with Gasteiger partial charge in [0.25, 0.3) is 11.8 Å². The van der Waals surface area contributed by atoms with Gasteiger partial charge in [-0.05, 0) is 42.3 Å². The van der Waals surface area contributed by atoms with Crippen molar-refractivity contribution in [2.75, 3.05) is 19.0 Å². The lowest BCUT2D eigenvalue weighted by Gasteiger charge is -2.10. The molecule has 2 amide bonds. The molecule has 2 aromatic carbocycles. The van der Waals surface area contributed by atoms with Crippen molar-refractivity contribution in [1.82, 2.24) is 10.3 Å². The van der Waals surface area contributed by atoms with E-state index in [2.05, 4.69) is 15.6 Å². The van der Waals surface area contributed by atoms with Crippen LogP contribution in [0.4, 0.5) is 10.1 Å². The number of carbonyl (C=O) groups is 2. The summed E-state index contributed by atoms with van der Waals surface area (Å²) in [4.78, 5) is 28.8. The molecule has 3 rings (SSSR count). The first-order chi connectivity index (χ1) is 14.1. The molecule has 3 aromatic rings. The topological polar surface area (TPSA) is 80.3 Å². The summed E-state index contributed by atoms with van der Waals surface area (Å²) in [6.45, 7) is 0.381. The standard InChI is InChI=1S/C22H20FN3O3/c1-29-20-9-5-2-6-15(20)10-13-25-22(28)19-14-16(11-12-24-19)21(27)26-18-8-4-3-7-17(18)23/h2-9,11-12,14H,10,13H2,1H3,(H,25,28)(H,26,27). The average molecular weight is 393 g/mol. The number of pyridine rings is 1. The van der Waals surface area contributed by atoms with E-state index in [1.807, 2.05) is 24.3 Å². The number of nitrogens with one attached hydrogen (secondary N) is 2. The Kier molecular flexibility index (Phi) is 6.52. The van der Waals surface area contributed by atoms with Crippen molar-refractivity contribution >= 4 is 17.5 Å². The van der Waals surface area contributed by atoms with E-state index in [1.54, 1.807) is 13.2 Å². The van der Waals surface area contributed by atoms with Crippen LogP contribution in [0.15, 0.2) is 66.9 Å². The number of halogens is 1. The van der Waals surface area contributed by atoms with E-state index in [0.717, 1.165) is 11.3 Å². The van der Waals surface area contributed by atoms with Crippen LogP contribution in [0, 0.1) is 5.82 Å². The summed E-state index contributed by atoms with van der Waals surface area (Å²) in [5.74, 6) is -0.711. The Morgan fingerprint density at radius 2 is 1.79 bits per heavy atom. The summed E-state index contributed by atoms with van der Waals surface area (Å²) >= 11 is 0. The van der Waals surface area contributed by atoms with Gasteiger partial charge in [0, 0.05) is 18.3 Å². The van der Waals surface area contributed by atoms with Crippen LogP contribution in [0.25, 0.3) is 0 Å². The molecule has 0 aliphatic heterocycles. The molecule has 0 radical (unpaired) electrons. The van der Waals surface area contributed by atoms with E-state index in [-0.39, 0.29) is 16.9 Å². The second kappa shape index (κ2) is 9.45. The molecule has 29 heavy (non-hydrogen) atoms. The monoisotopic (exact) mass is 393 g/mol. The fraction of sp³-hybridized carbons (Fsp3) is 0.136. The van der Waals surface area contributed by atoms with Crippen LogP contribution in [0.5, 0.6) is 5.75 Å². The number of ether oxygens (including phenoxy) is 1. The maximum Gasteiger partial charge on any atom is 0.269 e. The number of carbonyl (C=O) groups excluding carboxylic acids is 2. The second-order valence-electron chi connectivity index (χ2n) is 6.18. The number of aromatic nitrogens is 1. The predicted octanol–water partition coefficient (Wildman–Crippen LogP) is 3.45. The Morgan fingerprint density at radius 1 is 1.03 bits per heavy atom. The minimum absolute atomic E-state index is 0.0668. The average Bonchev–Trinajstić information content (AvgIpc) is 2.75. The van der Waals surface area contributed by atoms with E-state index in [9.17, 15) is 14.0 Å². The van der Waals surface area contributed by atoms with E-state index in [0.29, 0.717) is 13.0 Å². The van der Waals surface area contributed by atoms with Crippen molar-refractivity contribution in [3.63, 3.8) is 0 Å². The second-order valence-corrected chi connectivity index (χ2v) is 6.18. The number of methoxy groups -OCH3 is 1. The fourth-order valence-corrected chi connectivity index (χ4v) is 2.76. The van der Waals surface area contributed by atoms with Gasteiger partial charge >= 0.3 is 0 Å². The van der Waals surface area contributed by atoms with Gasteiger partial charge in [-0.25, -0.2) is 4.39 Å². The zero-order valence-electron chi connectivity index (χ0n) is 15.8. The molecule has 2 N–H and O–H groups in total. The molecule has 0 bridgehead atoms. The number of benzene rings is 2. The van der Waals surface area contributed by atoms with Crippen molar-refractivity contribution in [3.05, 3.63) is 89.5 Å². The Hall–Kier alpha value is -3.74. The van der Waals surface area contributed by atoms with Crippen molar-refractivity contribution in [2.24, 2.45) is 0 Å². The smallest absolute Gasteiger partial charge is 0.269 e. The summed E-state index contributed by atoms with van der Waals surface area (Å²) in [7, 11) is 1.60. The normalized spacial score (nSPS) is 10.3. The highest BCUT2D eigenvalue weighted by Gasteiger charge is 2.13. The molecule has 0 atom stereocenters. The molecule has 0 aliphatic carbocycles. The number of rotatable bonds is 7. The van der Waals surface area contributed by atoms with Crippen LogP contribution in [0.1, 0.15) is 26.4 Å². The molecule has 6 nitrogen and oxygen atoms in total. The summed E-state index contributed by atoms with van der Waals surface area (Å²) in [5.41, 5.74) is 1.35. The van der Waals surface area contributed by atoms with Crippen LogP contribution in [-0.4, -0.2) is 30.5 Å². The minimum atomic E-state index is -0.538. The molecule has 7 heteroatoms. The Morgan fingerprint density at radius 3 is 2.59 bits per heavy atom. The van der Waals surface area contributed by atoms with Gasteiger partial charge in [-0.3, -0.25) is 14.6 Å². The number of para-hydroxylation sites is 2. The van der Waals surface area contributed by atoms with Gasteiger partial charge in [-0.2, -0.15) is 0 Å². The first-order valence-corrected chi connectivity index (χ1v) is 9.00. The van der Waals surface area contributed by atoms with Crippen molar-refractivity contribution in [1.29, 1.82) is 0 Å². The van der Waals surface area contributed by atoms with Crippen molar-refractivity contribution in [2.45, 2.75) is 6.42 Å². The highest BCUT2D eigenvalue weighted by Crippen LogP contribution is 2.17. The first kappa shape index (κ1) is 20.0. The third-order valence-corrected chi connectivity index (χ3v) is 4.25. The third-order valence-electron chi connectivity index (χ3n) is 4.25. The highest BCUT2D eigenvalue weighted by molar-refractivity contribution is 6.05. The summed E-state index contributed by atoms with van der Waals surface area (Å²) in [5, 5.41) is 5.26. The predicted molar refractivity (Wildman–Crippen MR) is 108 cm³/mol. The van der Waals surface area contributed by atoms with Gasteiger partial charge in [0.05, 0.1) is 12.8 Å². The Balaban J connectivity index is 1.62. The maximum absolute atomic E-state index is 13.7. The molecule has 0 fully saturated rings. The van der Waals surface area contributed by atoms with Crippen LogP contribution >= 0.6 is 0 Å². The van der Waals surface area contributed by atoms with Crippen LogP contribution < -0.4 is 15.4 Å². The summed E-state index contributed by atoms with van der Waals surface area (Å²) in [6, 6.07) is 16.3. The Bertz CT molecular complexity index is 1020. The third kappa shape index (κ3) is 5.16. The van der Waals surface area contributed by atoms with Crippen LogP contribution in [0.2, 0.25) is 0 Å². The summed E-state index contributed by atoms with van der Waals surface area (Å²) in [6.07, 6.45) is 1.95. The van der Waals surface area contributed by atoms with Crippen LogP contribution in [0.3, 0.4) is 0 Å². The number of nitrogens with zero attached hydrogens (tertiary/aromatic N) is 1. The molecule has 0 saturated carbocycles. The molecule has 1 aromatic heterocycles. The lowest BCUT2D eigenvalue weighted by molar-refractivity contribution is 0.0949. The zero-order valence-corrected chi connectivity index (χ0v) is 15.8. The van der Waals surface area contributed by atoms with Gasteiger partial charge in [0.2, 0.25) is 0 Å². The van der Waals surface area contributed by atoms with Gasteiger partial charge in [-0.15, -0.1) is 0 Å². The molecular formula is C22H20FN3O3. The van der Waals surface area contributed by atoms with E-state index in [4.69, 9.17) is 4.74 Å². The van der Waals surface area contributed by atoms with Gasteiger partial charge in [-0.1, -0.05) is 30.3 Å². The molecule has 0 aliphatic rings. The summed E-state index contributed by atoms with van der Waals surface area (Å²) < 4.78 is 19.0. The Labute approximate surface area is 167 Å². The van der Waals surface area contributed by atoms with Gasteiger partial charge in [0.15, 0.2) is 0 Å². The molecular weight excluding hydrogens is 373 g/mol. The zero-order chi connectivity index (χ0) is 20.6. The molecule has 0 unspecified atom stereocenters. The van der Waals surface area contributed by atoms with Gasteiger partial charge < -0.3 is 15.4 Å². The molecule has 148 valence electrons.